The van der Waals surface area contributed by atoms with Crippen molar-refractivity contribution in [3.8, 4) is 5.75 Å². The summed E-state index contributed by atoms with van der Waals surface area (Å²) in [6.07, 6.45) is -4.37. The van der Waals surface area contributed by atoms with Gasteiger partial charge in [0.15, 0.2) is 0 Å². The third kappa shape index (κ3) is 4.30. The van der Waals surface area contributed by atoms with E-state index < -0.39 is 31.0 Å². The summed E-state index contributed by atoms with van der Waals surface area (Å²) in [7, 11) is 0. The van der Waals surface area contributed by atoms with Crippen LogP contribution < -0.4 is 10.1 Å². The van der Waals surface area contributed by atoms with Crippen molar-refractivity contribution in [3.63, 3.8) is 0 Å². The van der Waals surface area contributed by atoms with E-state index in [0.29, 0.717) is 15.8 Å². The number of aryl methyl sites for hydroxylation is 1. The molecule has 0 aliphatic carbocycles. The number of ether oxygens (including phenoxy) is 1. The number of aromatic carboxylic acids is 1. The second-order valence-corrected chi connectivity index (χ2v) is 6.74. The summed E-state index contributed by atoms with van der Waals surface area (Å²) in [5.41, 5.74) is 0.628. The summed E-state index contributed by atoms with van der Waals surface area (Å²) in [6, 6.07) is 3.37. The highest BCUT2D eigenvalue weighted by molar-refractivity contribution is 7.20. The van der Waals surface area contributed by atoms with Crippen molar-refractivity contribution in [2.24, 2.45) is 0 Å². The predicted molar refractivity (Wildman–Crippen MR) is 95.0 cm³/mol. The van der Waals surface area contributed by atoms with Gasteiger partial charge in [0.1, 0.15) is 33.4 Å². The van der Waals surface area contributed by atoms with Crippen LogP contribution in [0.15, 0.2) is 24.5 Å². The van der Waals surface area contributed by atoms with E-state index in [1.54, 1.807) is 6.92 Å². The van der Waals surface area contributed by atoms with Gasteiger partial charge in [-0.05, 0) is 24.6 Å². The number of carbonyl (C=O) groups is 1. The number of rotatable bonds is 6. The van der Waals surface area contributed by atoms with Crippen LogP contribution in [-0.2, 0) is 0 Å². The molecule has 2 N–H and O–H groups in total. The van der Waals surface area contributed by atoms with Crippen LogP contribution in [0.3, 0.4) is 0 Å². The fourth-order valence-corrected chi connectivity index (χ4v) is 3.48. The number of carboxylic acid groups (broad SMARTS) is 1. The average molecular weight is 415 g/mol. The van der Waals surface area contributed by atoms with Crippen molar-refractivity contribution in [2.75, 3.05) is 11.9 Å². The Morgan fingerprint density at radius 3 is 2.75 bits per heavy atom. The summed E-state index contributed by atoms with van der Waals surface area (Å²) in [5, 5.41) is 12.6. The smallest absolute Gasteiger partial charge is 0.392 e. The topological polar surface area (TPSA) is 84.3 Å². The van der Waals surface area contributed by atoms with Gasteiger partial charge < -0.3 is 15.2 Å². The molecule has 0 atom stereocenters. The normalized spacial score (nSPS) is 11.6. The van der Waals surface area contributed by atoms with E-state index >= 15 is 0 Å². The molecule has 2 aromatic heterocycles. The molecule has 148 valence electrons. The monoisotopic (exact) mass is 415 g/mol. The largest absolute Gasteiger partial charge is 0.491 e. The van der Waals surface area contributed by atoms with Crippen molar-refractivity contribution < 1.29 is 32.2 Å². The first kappa shape index (κ1) is 19.8. The maximum absolute atomic E-state index is 13.5. The molecule has 0 bridgehead atoms. The Morgan fingerprint density at radius 1 is 1.32 bits per heavy atom. The van der Waals surface area contributed by atoms with Crippen molar-refractivity contribution in [1.82, 2.24) is 9.97 Å². The second kappa shape index (κ2) is 7.58. The van der Waals surface area contributed by atoms with Gasteiger partial charge in [-0.15, -0.1) is 11.3 Å². The molecular weight excluding hydrogens is 402 g/mol. The summed E-state index contributed by atoms with van der Waals surface area (Å²) < 4.78 is 55.6. The number of thiophene rings is 1. The molecule has 3 aromatic rings. The first-order chi connectivity index (χ1) is 13.2. The molecule has 0 amide bonds. The van der Waals surface area contributed by atoms with Crippen molar-refractivity contribution >= 4 is 39.0 Å². The highest BCUT2D eigenvalue weighted by Crippen LogP contribution is 2.36. The Labute approximate surface area is 159 Å². The number of aromatic nitrogens is 2. The number of benzene rings is 1. The number of nitrogens with zero attached hydrogens (tertiary/aromatic N) is 2. The van der Waals surface area contributed by atoms with Crippen LogP contribution in [0.1, 0.15) is 21.7 Å². The van der Waals surface area contributed by atoms with Crippen molar-refractivity contribution in [1.29, 1.82) is 0 Å². The Kier molecular flexibility index (Phi) is 5.36. The first-order valence-electron chi connectivity index (χ1n) is 7.89. The van der Waals surface area contributed by atoms with Crippen LogP contribution in [0.25, 0.3) is 10.2 Å². The van der Waals surface area contributed by atoms with E-state index in [1.807, 2.05) is 0 Å². The van der Waals surface area contributed by atoms with Gasteiger partial charge in [0, 0.05) is 6.07 Å². The third-order valence-electron chi connectivity index (χ3n) is 3.76. The van der Waals surface area contributed by atoms with E-state index in [-0.39, 0.29) is 22.1 Å². The van der Waals surface area contributed by atoms with Crippen LogP contribution >= 0.6 is 11.3 Å². The van der Waals surface area contributed by atoms with Gasteiger partial charge in [0.2, 0.25) is 0 Å². The Hall–Kier alpha value is -2.95. The zero-order valence-electron chi connectivity index (χ0n) is 14.3. The van der Waals surface area contributed by atoms with Gasteiger partial charge >= 0.3 is 12.1 Å². The SMILES string of the molecule is Cc1c(C(=O)O)sc2ncnc(Nc3ccc(F)cc3OCCC(F)(F)F)c12. The lowest BCUT2D eigenvalue weighted by Crippen LogP contribution is -2.13. The molecule has 0 unspecified atom stereocenters. The molecule has 3 rings (SSSR count). The van der Waals surface area contributed by atoms with Gasteiger partial charge in [-0.2, -0.15) is 13.2 Å². The summed E-state index contributed by atoms with van der Waals surface area (Å²) in [4.78, 5) is 20.0. The number of alkyl halides is 3. The molecule has 6 nitrogen and oxygen atoms in total. The summed E-state index contributed by atoms with van der Waals surface area (Å²) in [6.45, 7) is 0.920. The van der Waals surface area contributed by atoms with Crippen LogP contribution in [0.4, 0.5) is 29.1 Å². The molecule has 0 radical (unpaired) electrons. The van der Waals surface area contributed by atoms with Crippen molar-refractivity contribution in [2.45, 2.75) is 19.5 Å². The molecule has 0 aliphatic heterocycles. The number of nitrogens with one attached hydrogen (secondary N) is 1. The zero-order chi connectivity index (χ0) is 20.5. The molecule has 0 aliphatic rings. The number of hydrogen-bond donors (Lipinski definition) is 2. The maximum atomic E-state index is 13.5. The minimum Gasteiger partial charge on any atom is -0.491 e. The van der Waals surface area contributed by atoms with E-state index in [1.165, 1.54) is 12.4 Å². The Balaban J connectivity index is 1.95. The molecule has 11 heteroatoms. The summed E-state index contributed by atoms with van der Waals surface area (Å²) in [5.74, 6) is -1.68. The number of halogens is 4. The van der Waals surface area contributed by atoms with Crippen LogP contribution in [0.5, 0.6) is 5.75 Å². The lowest BCUT2D eigenvalue weighted by Gasteiger charge is -2.14. The standard InChI is InChI=1S/C17H13F4N3O3S/c1-8-12-14(22-7-23-15(12)28-13(8)16(25)26)24-10-3-2-9(18)6-11(10)27-5-4-17(19,20)21/h2-3,6-7H,4-5H2,1H3,(H,25,26)(H,22,23,24). The fourth-order valence-electron chi connectivity index (χ4n) is 2.49. The lowest BCUT2D eigenvalue weighted by molar-refractivity contribution is -0.139. The van der Waals surface area contributed by atoms with Crippen LogP contribution in [0.2, 0.25) is 0 Å². The molecule has 0 saturated heterocycles. The van der Waals surface area contributed by atoms with Gasteiger partial charge in [0.05, 0.1) is 24.1 Å². The highest BCUT2D eigenvalue weighted by atomic mass is 32.1. The highest BCUT2D eigenvalue weighted by Gasteiger charge is 2.27. The lowest BCUT2D eigenvalue weighted by atomic mass is 10.2. The van der Waals surface area contributed by atoms with Gasteiger partial charge in [-0.3, -0.25) is 0 Å². The number of anilines is 2. The molecular formula is C17H13F4N3O3S. The summed E-state index contributed by atoms with van der Waals surface area (Å²) >= 11 is 0.973. The fraction of sp³-hybridized carbons (Fsp3) is 0.235. The predicted octanol–water partition coefficient (Wildman–Crippen LogP) is 4.91. The van der Waals surface area contributed by atoms with E-state index in [2.05, 4.69) is 15.3 Å². The second-order valence-electron chi connectivity index (χ2n) is 5.74. The molecule has 0 saturated carbocycles. The van der Waals surface area contributed by atoms with Crippen LogP contribution in [-0.4, -0.2) is 33.8 Å². The average Bonchev–Trinajstić information content (AvgIpc) is 2.94. The van der Waals surface area contributed by atoms with E-state index in [0.717, 1.165) is 23.5 Å². The first-order valence-corrected chi connectivity index (χ1v) is 8.71. The maximum Gasteiger partial charge on any atom is 0.392 e. The number of carboxylic acids is 1. The minimum absolute atomic E-state index is 0.0966. The molecule has 0 spiro atoms. The van der Waals surface area contributed by atoms with Gasteiger partial charge in [0.25, 0.3) is 0 Å². The van der Waals surface area contributed by atoms with E-state index in [4.69, 9.17) is 4.74 Å². The number of hydrogen-bond acceptors (Lipinski definition) is 6. The van der Waals surface area contributed by atoms with Gasteiger partial charge in [-0.1, -0.05) is 0 Å². The van der Waals surface area contributed by atoms with Gasteiger partial charge in [-0.25, -0.2) is 19.2 Å². The van der Waals surface area contributed by atoms with Crippen LogP contribution in [0, 0.1) is 12.7 Å². The number of fused-ring (bicyclic) bond motifs is 1. The quantitative estimate of drug-likeness (QED) is 0.557. The molecule has 0 fully saturated rings. The Bertz CT molecular complexity index is 1040. The third-order valence-corrected chi connectivity index (χ3v) is 4.95. The molecule has 28 heavy (non-hydrogen) atoms. The molecule has 1 aromatic carbocycles. The Morgan fingerprint density at radius 2 is 2.07 bits per heavy atom. The van der Waals surface area contributed by atoms with E-state index in [9.17, 15) is 27.5 Å². The molecule has 2 heterocycles. The van der Waals surface area contributed by atoms with Crippen molar-refractivity contribution in [3.05, 3.63) is 40.8 Å². The minimum atomic E-state index is -4.40. The zero-order valence-corrected chi connectivity index (χ0v) is 15.1.